The van der Waals surface area contributed by atoms with Crippen LogP contribution in [-0.4, -0.2) is 25.8 Å². The number of amides is 1. The fraction of sp³-hybridized carbons (Fsp3) is 0.0938. The Morgan fingerprint density at radius 3 is 2.30 bits per heavy atom. The number of hydrogen-bond donors (Lipinski definition) is 3. The molecule has 1 aliphatic rings. The van der Waals surface area contributed by atoms with Gasteiger partial charge in [-0.05, 0) is 66.6 Å². The van der Waals surface area contributed by atoms with E-state index in [1.165, 1.54) is 0 Å². The highest BCUT2D eigenvalue weighted by atomic mass is 16.5. The molecule has 1 aromatic heterocycles. The van der Waals surface area contributed by atoms with Gasteiger partial charge in [0.05, 0.1) is 5.57 Å². The molecule has 0 saturated carbocycles. The van der Waals surface area contributed by atoms with E-state index in [-0.39, 0.29) is 11.7 Å². The first-order chi connectivity index (χ1) is 19.5. The summed E-state index contributed by atoms with van der Waals surface area (Å²) in [5.74, 6) is 1.65. The maximum atomic E-state index is 13.7. The summed E-state index contributed by atoms with van der Waals surface area (Å²) >= 11 is 0. The zero-order valence-corrected chi connectivity index (χ0v) is 21.8. The van der Waals surface area contributed by atoms with E-state index in [0.717, 1.165) is 22.4 Å². The van der Waals surface area contributed by atoms with Gasteiger partial charge in [0.15, 0.2) is 5.82 Å². The molecule has 0 saturated heterocycles. The van der Waals surface area contributed by atoms with Gasteiger partial charge < -0.3 is 20.5 Å². The number of ether oxygens (including phenoxy) is 1. The highest BCUT2D eigenvalue weighted by molar-refractivity contribution is 6.06. The average molecular weight is 530 g/mol. The second-order valence-corrected chi connectivity index (χ2v) is 9.48. The molecule has 0 aliphatic carbocycles. The Morgan fingerprint density at radius 2 is 1.60 bits per heavy atom. The lowest BCUT2D eigenvalue weighted by Gasteiger charge is -2.28. The fourth-order valence-electron chi connectivity index (χ4n) is 4.69. The number of anilines is 2. The molecule has 1 amide bonds. The molecule has 0 spiro atoms. The molecule has 0 radical (unpaired) electrons. The Hall–Kier alpha value is -5.37. The van der Waals surface area contributed by atoms with E-state index >= 15 is 0 Å². The maximum absolute atomic E-state index is 13.7. The van der Waals surface area contributed by atoms with Crippen LogP contribution in [0, 0.1) is 0 Å². The molecule has 198 valence electrons. The third-order valence-electron chi connectivity index (χ3n) is 6.70. The molecule has 8 heteroatoms. The first kappa shape index (κ1) is 24.9. The monoisotopic (exact) mass is 529 g/mol. The van der Waals surface area contributed by atoms with Gasteiger partial charge in [-0.1, -0.05) is 60.7 Å². The summed E-state index contributed by atoms with van der Waals surface area (Å²) in [5, 5.41) is 20.8. The molecule has 2 heterocycles. The van der Waals surface area contributed by atoms with Crippen molar-refractivity contribution < 1.29 is 14.6 Å². The molecule has 40 heavy (non-hydrogen) atoms. The van der Waals surface area contributed by atoms with Gasteiger partial charge in [-0.15, -0.1) is 5.10 Å². The maximum Gasteiger partial charge on any atom is 0.255 e. The van der Waals surface area contributed by atoms with E-state index in [9.17, 15) is 9.90 Å². The number of fused-ring (bicyclic) bond motifs is 1. The van der Waals surface area contributed by atoms with E-state index in [2.05, 4.69) is 10.6 Å². The lowest BCUT2D eigenvalue weighted by Crippen LogP contribution is -2.31. The van der Waals surface area contributed by atoms with Crippen LogP contribution in [0.25, 0.3) is 11.4 Å². The fourth-order valence-corrected chi connectivity index (χ4v) is 4.69. The van der Waals surface area contributed by atoms with Crippen molar-refractivity contribution in [3.63, 3.8) is 0 Å². The number of rotatable bonds is 7. The van der Waals surface area contributed by atoms with Crippen LogP contribution >= 0.6 is 0 Å². The number of allylic oxidation sites excluding steroid dienone is 1. The lowest BCUT2D eigenvalue weighted by atomic mass is 9.95. The predicted octanol–water partition coefficient (Wildman–Crippen LogP) is 6.16. The van der Waals surface area contributed by atoms with E-state index in [1.807, 2.05) is 91.9 Å². The third-order valence-corrected chi connectivity index (χ3v) is 6.70. The number of carbonyl (C=O) groups excluding carboxylic acids is 1. The van der Waals surface area contributed by atoms with Gasteiger partial charge in [-0.2, -0.15) is 4.98 Å². The van der Waals surface area contributed by atoms with Crippen LogP contribution in [0.4, 0.5) is 11.6 Å². The summed E-state index contributed by atoms with van der Waals surface area (Å²) < 4.78 is 7.72. The Balaban J connectivity index is 1.35. The molecule has 5 aromatic rings. The van der Waals surface area contributed by atoms with Crippen molar-refractivity contribution in [2.24, 2.45) is 0 Å². The third kappa shape index (κ3) is 5.15. The molecule has 0 fully saturated rings. The van der Waals surface area contributed by atoms with Crippen molar-refractivity contribution in [3.05, 3.63) is 132 Å². The van der Waals surface area contributed by atoms with E-state index in [0.29, 0.717) is 35.3 Å². The van der Waals surface area contributed by atoms with E-state index in [1.54, 1.807) is 28.9 Å². The molecule has 3 N–H and O–H groups in total. The van der Waals surface area contributed by atoms with Crippen LogP contribution in [0.1, 0.15) is 24.1 Å². The quantitative estimate of drug-likeness (QED) is 0.234. The number of carbonyl (C=O) groups is 1. The number of phenols is 1. The summed E-state index contributed by atoms with van der Waals surface area (Å²) in [7, 11) is 0. The van der Waals surface area contributed by atoms with E-state index < -0.39 is 6.04 Å². The summed E-state index contributed by atoms with van der Waals surface area (Å²) in [5.41, 5.74) is 4.59. The number of benzene rings is 4. The number of aromatic hydroxyl groups is 1. The number of nitrogens with zero attached hydrogens (tertiary/aromatic N) is 3. The van der Waals surface area contributed by atoms with Gasteiger partial charge >= 0.3 is 0 Å². The van der Waals surface area contributed by atoms with Gasteiger partial charge in [0.25, 0.3) is 5.91 Å². The number of para-hydroxylation sites is 1. The van der Waals surface area contributed by atoms with Gasteiger partial charge in [-0.3, -0.25) is 4.79 Å². The minimum atomic E-state index is -0.540. The van der Waals surface area contributed by atoms with Gasteiger partial charge in [0, 0.05) is 16.9 Å². The molecule has 1 atom stereocenters. The number of phenolic OH excluding ortho intramolecular Hbond substituents is 1. The Labute approximate surface area is 231 Å². The Kier molecular flexibility index (Phi) is 6.72. The average Bonchev–Trinajstić information content (AvgIpc) is 3.40. The summed E-state index contributed by atoms with van der Waals surface area (Å²) in [6.45, 7) is 2.32. The molecule has 8 nitrogen and oxygen atoms in total. The number of nitrogens with one attached hydrogen (secondary N) is 2. The molecule has 1 unspecified atom stereocenters. The van der Waals surface area contributed by atoms with Crippen molar-refractivity contribution in [3.8, 4) is 22.9 Å². The highest BCUT2D eigenvalue weighted by Gasteiger charge is 2.34. The second kappa shape index (κ2) is 10.8. The highest BCUT2D eigenvalue weighted by Crippen LogP contribution is 2.37. The van der Waals surface area contributed by atoms with Crippen LogP contribution < -0.4 is 15.4 Å². The standard InChI is InChI=1S/C32H27N5O3/c1-21-28(31(39)34-25-10-6-3-7-11-25)29(23-14-18-27(19-15-23)40-20-22-8-4-2-5-9-22)37-32(33-21)35-30(36-37)24-12-16-26(38)17-13-24/h2-19,29,38H,20H2,1H3,(H,34,39)(H,33,35,36). The van der Waals surface area contributed by atoms with Crippen molar-refractivity contribution in [2.75, 3.05) is 10.6 Å². The molecular formula is C32H27N5O3. The zero-order valence-electron chi connectivity index (χ0n) is 21.8. The summed E-state index contributed by atoms with van der Waals surface area (Å²) in [4.78, 5) is 18.4. The van der Waals surface area contributed by atoms with Crippen LogP contribution in [0.5, 0.6) is 11.5 Å². The van der Waals surface area contributed by atoms with Crippen molar-refractivity contribution in [1.82, 2.24) is 14.8 Å². The van der Waals surface area contributed by atoms with Crippen LogP contribution in [-0.2, 0) is 11.4 Å². The molecule has 6 rings (SSSR count). The first-order valence-corrected chi connectivity index (χ1v) is 12.9. The molecule has 0 bridgehead atoms. The van der Waals surface area contributed by atoms with Gasteiger partial charge in [-0.25, -0.2) is 4.68 Å². The van der Waals surface area contributed by atoms with Crippen molar-refractivity contribution in [2.45, 2.75) is 19.6 Å². The Morgan fingerprint density at radius 1 is 0.925 bits per heavy atom. The minimum absolute atomic E-state index is 0.163. The lowest BCUT2D eigenvalue weighted by molar-refractivity contribution is -0.113. The van der Waals surface area contributed by atoms with Gasteiger partial charge in [0.1, 0.15) is 24.1 Å². The normalized spacial score (nSPS) is 14.3. The summed E-state index contributed by atoms with van der Waals surface area (Å²) in [6, 6.07) is 33.2. The van der Waals surface area contributed by atoms with Crippen molar-refractivity contribution in [1.29, 1.82) is 0 Å². The summed E-state index contributed by atoms with van der Waals surface area (Å²) in [6.07, 6.45) is 0. The predicted molar refractivity (Wildman–Crippen MR) is 154 cm³/mol. The van der Waals surface area contributed by atoms with Gasteiger partial charge in [0.2, 0.25) is 5.95 Å². The van der Waals surface area contributed by atoms with Crippen molar-refractivity contribution >= 4 is 17.5 Å². The minimum Gasteiger partial charge on any atom is -0.508 e. The molecular weight excluding hydrogens is 502 g/mol. The smallest absolute Gasteiger partial charge is 0.255 e. The topological polar surface area (TPSA) is 101 Å². The number of aromatic nitrogens is 3. The molecule has 4 aromatic carbocycles. The van der Waals surface area contributed by atoms with Crippen LogP contribution in [0.3, 0.4) is 0 Å². The van der Waals surface area contributed by atoms with Crippen LogP contribution in [0.2, 0.25) is 0 Å². The SMILES string of the molecule is CC1=C(C(=O)Nc2ccccc2)C(c2ccc(OCc3ccccc3)cc2)n2nc(-c3ccc(O)cc3)nc2N1. The largest absolute Gasteiger partial charge is 0.508 e. The Bertz CT molecular complexity index is 1660. The van der Waals surface area contributed by atoms with E-state index in [4.69, 9.17) is 14.8 Å². The van der Waals surface area contributed by atoms with Crippen LogP contribution in [0.15, 0.2) is 120 Å². The second-order valence-electron chi connectivity index (χ2n) is 9.48. The number of hydrogen-bond acceptors (Lipinski definition) is 6. The molecule has 1 aliphatic heterocycles. The first-order valence-electron chi connectivity index (χ1n) is 12.9. The zero-order chi connectivity index (χ0) is 27.5.